The van der Waals surface area contributed by atoms with Crippen molar-refractivity contribution in [1.82, 2.24) is 23.6 Å². The molecular weight excluding hydrogens is 290 g/mol. The number of nitrogens with zero attached hydrogens (tertiary/aromatic N) is 5. The van der Waals surface area contributed by atoms with E-state index in [-0.39, 0.29) is 24.3 Å². The van der Waals surface area contributed by atoms with Gasteiger partial charge in [-0.15, -0.1) is 0 Å². The molecule has 22 heavy (non-hydrogen) atoms. The van der Waals surface area contributed by atoms with E-state index in [4.69, 9.17) is 5.11 Å². The normalized spacial score (nSPS) is 13.2. The molecule has 0 saturated heterocycles. The fourth-order valence-corrected chi connectivity index (χ4v) is 2.24. The van der Waals surface area contributed by atoms with E-state index in [2.05, 4.69) is 4.98 Å². The van der Waals surface area contributed by atoms with Gasteiger partial charge in [0.1, 0.15) is 0 Å². The molecule has 9 heteroatoms. The summed E-state index contributed by atoms with van der Waals surface area (Å²) in [6.45, 7) is 0.435. The first-order valence-corrected chi connectivity index (χ1v) is 6.95. The highest BCUT2D eigenvalue weighted by molar-refractivity contribution is 5.69. The molecule has 0 radical (unpaired) electrons. The van der Waals surface area contributed by atoms with Gasteiger partial charge < -0.3 is 19.7 Å². The number of hydrogen-bond acceptors (Lipinski definition) is 6. The predicted octanol–water partition coefficient (Wildman–Crippen LogP) is -2.19. The fraction of sp³-hybridized carbons (Fsp3) is 0.615. The highest BCUT2D eigenvalue weighted by atomic mass is 16.3. The van der Waals surface area contributed by atoms with Crippen LogP contribution in [0, 0.1) is 0 Å². The van der Waals surface area contributed by atoms with Crippen molar-refractivity contribution < 1.29 is 10.2 Å². The van der Waals surface area contributed by atoms with E-state index in [0.717, 1.165) is 4.57 Å². The van der Waals surface area contributed by atoms with Gasteiger partial charge in [0, 0.05) is 20.1 Å². The lowest BCUT2D eigenvalue weighted by Gasteiger charge is -2.13. The second-order valence-electron chi connectivity index (χ2n) is 5.51. The van der Waals surface area contributed by atoms with Crippen molar-refractivity contribution in [2.24, 2.45) is 7.05 Å². The van der Waals surface area contributed by atoms with Crippen LogP contribution in [-0.4, -0.2) is 67.1 Å². The molecule has 2 aromatic heterocycles. The zero-order chi connectivity index (χ0) is 16.4. The quantitative estimate of drug-likeness (QED) is 0.628. The third kappa shape index (κ3) is 2.96. The molecule has 9 nitrogen and oxygen atoms in total. The molecule has 0 aliphatic carbocycles. The number of aliphatic hydroxyl groups excluding tert-OH is 2. The second kappa shape index (κ2) is 6.42. The number of rotatable bonds is 6. The number of aryl methyl sites for hydroxylation is 1. The summed E-state index contributed by atoms with van der Waals surface area (Å²) in [5, 5.41) is 18.5. The largest absolute Gasteiger partial charge is 0.394 e. The number of aromatic nitrogens is 4. The minimum atomic E-state index is -0.996. The maximum atomic E-state index is 12.6. The molecule has 2 aromatic rings. The van der Waals surface area contributed by atoms with Gasteiger partial charge in [0.25, 0.3) is 5.56 Å². The predicted molar refractivity (Wildman–Crippen MR) is 80.9 cm³/mol. The van der Waals surface area contributed by atoms with Crippen molar-refractivity contribution in [3.63, 3.8) is 0 Å². The molecule has 2 N–H and O–H groups in total. The summed E-state index contributed by atoms with van der Waals surface area (Å²) in [5.41, 5.74) is -0.357. The van der Waals surface area contributed by atoms with Crippen LogP contribution in [0.25, 0.3) is 11.2 Å². The van der Waals surface area contributed by atoms with E-state index < -0.39 is 24.0 Å². The van der Waals surface area contributed by atoms with Gasteiger partial charge in [-0.2, -0.15) is 0 Å². The Kier molecular flexibility index (Phi) is 4.79. The molecule has 1 unspecified atom stereocenters. The monoisotopic (exact) mass is 311 g/mol. The Morgan fingerprint density at radius 3 is 2.64 bits per heavy atom. The van der Waals surface area contributed by atoms with Crippen LogP contribution in [0.5, 0.6) is 0 Å². The fourth-order valence-electron chi connectivity index (χ4n) is 2.24. The molecule has 0 aliphatic rings. The molecule has 0 aliphatic heterocycles. The third-order valence-electron chi connectivity index (χ3n) is 3.49. The Balaban J connectivity index is 2.60. The molecule has 0 amide bonds. The summed E-state index contributed by atoms with van der Waals surface area (Å²) in [4.78, 5) is 30.8. The molecule has 122 valence electrons. The molecule has 0 spiro atoms. The van der Waals surface area contributed by atoms with Crippen LogP contribution in [0.15, 0.2) is 15.9 Å². The highest BCUT2D eigenvalue weighted by Gasteiger charge is 2.17. The van der Waals surface area contributed by atoms with E-state index in [0.29, 0.717) is 6.54 Å². The average molecular weight is 311 g/mol. The summed E-state index contributed by atoms with van der Waals surface area (Å²) < 4.78 is 3.93. The van der Waals surface area contributed by atoms with Crippen molar-refractivity contribution in [1.29, 1.82) is 0 Å². The van der Waals surface area contributed by atoms with Gasteiger partial charge >= 0.3 is 5.69 Å². The van der Waals surface area contributed by atoms with Crippen molar-refractivity contribution in [2.75, 3.05) is 27.2 Å². The lowest BCUT2D eigenvalue weighted by Crippen LogP contribution is -2.41. The maximum Gasteiger partial charge on any atom is 0.332 e. The summed E-state index contributed by atoms with van der Waals surface area (Å²) in [7, 11) is 5.27. The zero-order valence-corrected chi connectivity index (χ0v) is 12.9. The molecule has 0 fully saturated rings. The van der Waals surface area contributed by atoms with Crippen LogP contribution in [-0.2, 0) is 20.1 Å². The number of aliphatic hydroxyl groups is 2. The van der Waals surface area contributed by atoms with Gasteiger partial charge in [0.2, 0.25) is 0 Å². The maximum absolute atomic E-state index is 12.6. The van der Waals surface area contributed by atoms with Gasteiger partial charge in [0.15, 0.2) is 11.2 Å². The van der Waals surface area contributed by atoms with Crippen LogP contribution >= 0.6 is 0 Å². The standard InChI is InChI=1S/C13H21N5O4/c1-15(2)4-5-18-12(21)10-11(16(3)13(18)22)14-8-17(10)6-9(20)7-19/h8-9,19-20H,4-7H2,1-3H3. The number of imidazole rings is 1. The molecule has 2 rings (SSSR count). The van der Waals surface area contributed by atoms with Crippen LogP contribution < -0.4 is 11.2 Å². The molecule has 0 bridgehead atoms. The SMILES string of the molecule is CN(C)CCn1c(=O)c2c(ncn2CC(O)CO)n(C)c1=O. The van der Waals surface area contributed by atoms with Crippen molar-refractivity contribution >= 4 is 11.2 Å². The Morgan fingerprint density at radius 1 is 1.36 bits per heavy atom. The van der Waals surface area contributed by atoms with Crippen LogP contribution in [0.1, 0.15) is 0 Å². The van der Waals surface area contributed by atoms with Gasteiger partial charge in [0.05, 0.1) is 25.6 Å². The minimum Gasteiger partial charge on any atom is -0.394 e. The Labute approximate surface area is 126 Å². The van der Waals surface area contributed by atoms with Crippen molar-refractivity contribution in [3.05, 3.63) is 27.2 Å². The Bertz CT molecular complexity index is 773. The van der Waals surface area contributed by atoms with E-state index in [1.807, 2.05) is 19.0 Å². The summed E-state index contributed by atoms with van der Waals surface area (Å²) >= 11 is 0. The average Bonchev–Trinajstić information content (AvgIpc) is 2.88. The lowest BCUT2D eigenvalue weighted by molar-refractivity contribution is 0.0820. The van der Waals surface area contributed by atoms with Crippen LogP contribution in [0.3, 0.4) is 0 Å². The summed E-state index contributed by atoms with van der Waals surface area (Å²) in [5.74, 6) is 0. The number of likely N-dealkylation sites (N-methyl/N-ethyl adjacent to an activating group) is 1. The smallest absolute Gasteiger partial charge is 0.332 e. The molecule has 0 saturated carbocycles. The molecule has 0 aromatic carbocycles. The first kappa shape index (κ1) is 16.4. The van der Waals surface area contributed by atoms with E-state index >= 15 is 0 Å². The van der Waals surface area contributed by atoms with E-state index in [1.54, 1.807) is 7.05 Å². The van der Waals surface area contributed by atoms with Gasteiger partial charge in [-0.25, -0.2) is 9.78 Å². The topological polar surface area (TPSA) is 106 Å². The Hall–Kier alpha value is -1.97. The zero-order valence-electron chi connectivity index (χ0n) is 12.9. The van der Waals surface area contributed by atoms with Gasteiger partial charge in [-0.1, -0.05) is 0 Å². The molecular formula is C13H21N5O4. The second-order valence-corrected chi connectivity index (χ2v) is 5.51. The molecule has 2 heterocycles. The first-order valence-electron chi connectivity index (χ1n) is 6.95. The van der Waals surface area contributed by atoms with E-state index in [9.17, 15) is 14.7 Å². The van der Waals surface area contributed by atoms with Gasteiger partial charge in [-0.05, 0) is 14.1 Å². The lowest BCUT2D eigenvalue weighted by atomic mass is 10.3. The van der Waals surface area contributed by atoms with Crippen molar-refractivity contribution in [3.8, 4) is 0 Å². The minimum absolute atomic E-state index is 0.0358. The van der Waals surface area contributed by atoms with E-state index in [1.165, 1.54) is 15.5 Å². The third-order valence-corrected chi connectivity index (χ3v) is 3.49. The van der Waals surface area contributed by atoms with Crippen molar-refractivity contribution in [2.45, 2.75) is 19.2 Å². The van der Waals surface area contributed by atoms with Crippen LogP contribution in [0.2, 0.25) is 0 Å². The van der Waals surface area contributed by atoms with Crippen LogP contribution in [0.4, 0.5) is 0 Å². The Morgan fingerprint density at radius 2 is 2.05 bits per heavy atom. The summed E-state index contributed by atoms with van der Waals surface area (Å²) in [6.07, 6.45) is 0.393. The van der Waals surface area contributed by atoms with Gasteiger partial charge in [-0.3, -0.25) is 13.9 Å². The molecule has 1 atom stereocenters. The number of hydrogen-bond donors (Lipinski definition) is 2. The first-order chi connectivity index (χ1) is 10.4. The summed E-state index contributed by atoms with van der Waals surface area (Å²) in [6, 6.07) is 0. The number of fused-ring (bicyclic) bond motifs is 1. The highest BCUT2D eigenvalue weighted by Crippen LogP contribution is 2.06.